The molecular formula is C23H26N4S. The summed E-state index contributed by atoms with van der Waals surface area (Å²) in [4.78, 5) is 14.5. The van der Waals surface area contributed by atoms with E-state index in [0.717, 1.165) is 36.2 Å². The van der Waals surface area contributed by atoms with Gasteiger partial charge in [-0.2, -0.15) is 11.8 Å². The summed E-state index contributed by atoms with van der Waals surface area (Å²) >= 11 is 2.08. The number of nitrogens with zero attached hydrogens (tertiary/aromatic N) is 4. The van der Waals surface area contributed by atoms with Crippen molar-refractivity contribution in [2.45, 2.75) is 6.42 Å². The highest BCUT2D eigenvalue weighted by molar-refractivity contribution is 7.99. The molecule has 1 aromatic heterocycles. The van der Waals surface area contributed by atoms with Crippen LogP contribution in [0.4, 0.5) is 5.95 Å². The Morgan fingerprint density at radius 2 is 1.82 bits per heavy atom. The van der Waals surface area contributed by atoms with E-state index in [0.29, 0.717) is 0 Å². The SMILES string of the molecule is c1ccc2cc(-c3ccnc(N4CCC(CN5CCSCC5)C4)n3)ccc2c1. The third kappa shape index (κ3) is 3.87. The summed E-state index contributed by atoms with van der Waals surface area (Å²) in [5.41, 5.74) is 2.16. The zero-order valence-corrected chi connectivity index (χ0v) is 16.9. The van der Waals surface area contributed by atoms with Crippen molar-refractivity contribution < 1.29 is 0 Å². The highest BCUT2D eigenvalue weighted by atomic mass is 32.2. The van der Waals surface area contributed by atoms with Gasteiger partial charge in [0.2, 0.25) is 5.95 Å². The van der Waals surface area contributed by atoms with Crippen molar-refractivity contribution in [1.82, 2.24) is 14.9 Å². The van der Waals surface area contributed by atoms with Crippen molar-refractivity contribution in [3.8, 4) is 11.3 Å². The fourth-order valence-corrected chi connectivity index (χ4v) is 5.30. The molecule has 0 radical (unpaired) electrons. The molecule has 2 aliphatic heterocycles. The van der Waals surface area contributed by atoms with Crippen LogP contribution in [0.15, 0.2) is 54.7 Å². The lowest BCUT2D eigenvalue weighted by Gasteiger charge is -2.28. The maximum atomic E-state index is 4.91. The maximum absolute atomic E-state index is 4.91. The number of fused-ring (bicyclic) bond motifs is 1. The quantitative estimate of drug-likeness (QED) is 0.667. The maximum Gasteiger partial charge on any atom is 0.225 e. The van der Waals surface area contributed by atoms with Gasteiger partial charge in [0.05, 0.1) is 5.69 Å². The number of aromatic nitrogens is 2. The van der Waals surface area contributed by atoms with E-state index in [9.17, 15) is 0 Å². The lowest BCUT2D eigenvalue weighted by molar-refractivity contribution is 0.260. The zero-order chi connectivity index (χ0) is 18.8. The first-order valence-corrected chi connectivity index (χ1v) is 11.4. The first kappa shape index (κ1) is 18.0. The van der Waals surface area contributed by atoms with Gasteiger partial charge in [-0.05, 0) is 35.2 Å². The van der Waals surface area contributed by atoms with E-state index >= 15 is 0 Å². The molecule has 3 heterocycles. The average Bonchev–Trinajstić information content (AvgIpc) is 3.23. The van der Waals surface area contributed by atoms with Crippen molar-refractivity contribution in [3.63, 3.8) is 0 Å². The Labute approximate surface area is 171 Å². The van der Waals surface area contributed by atoms with Crippen LogP contribution in [0.5, 0.6) is 0 Å². The van der Waals surface area contributed by atoms with Gasteiger partial charge < -0.3 is 9.80 Å². The number of anilines is 1. The van der Waals surface area contributed by atoms with Gasteiger partial charge in [0.15, 0.2) is 0 Å². The Balaban J connectivity index is 1.31. The molecule has 0 aliphatic carbocycles. The van der Waals surface area contributed by atoms with Crippen molar-refractivity contribution in [1.29, 1.82) is 0 Å². The molecule has 2 saturated heterocycles. The van der Waals surface area contributed by atoms with Crippen LogP contribution < -0.4 is 4.90 Å². The van der Waals surface area contributed by atoms with Crippen molar-refractivity contribution >= 4 is 28.5 Å². The topological polar surface area (TPSA) is 32.3 Å². The van der Waals surface area contributed by atoms with Crippen LogP contribution in [0.2, 0.25) is 0 Å². The van der Waals surface area contributed by atoms with Crippen LogP contribution in [0.3, 0.4) is 0 Å². The van der Waals surface area contributed by atoms with Crippen LogP contribution >= 0.6 is 11.8 Å². The molecule has 1 unspecified atom stereocenters. The van der Waals surface area contributed by atoms with E-state index in [1.54, 1.807) is 0 Å². The predicted octanol–water partition coefficient (Wildman–Crippen LogP) is 4.17. The molecule has 2 aromatic carbocycles. The summed E-state index contributed by atoms with van der Waals surface area (Å²) in [6.45, 7) is 5.85. The minimum atomic E-state index is 0.732. The smallest absolute Gasteiger partial charge is 0.225 e. The molecule has 5 heteroatoms. The molecule has 144 valence electrons. The Morgan fingerprint density at radius 1 is 0.964 bits per heavy atom. The van der Waals surface area contributed by atoms with Gasteiger partial charge in [0, 0.05) is 56.0 Å². The molecule has 0 N–H and O–H groups in total. The lowest BCUT2D eigenvalue weighted by atomic mass is 10.1. The molecule has 0 spiro atoms. The first-order chi connectivity index (χ1) is 13.8. The van der Waals surface area contributed by atoms with Crippen molar-refractivity contribution in [2.24, 2.45) is 5.92 Å². The molecule has 2 aliphatic rings. The lowest BCUT2D eigenvalue weighted by Crippen LogP contribution is -2.37. The monoisotopic (exact) mass is 390 g/mol. The Kier molecular flexibility index (Phi) is 5.19. The van der Waals surface area contributed by atoms with Crippen molar-refractivity contribution in [3.05, 3.63) is 54.7 Å². The normalized spacial score (nSPS) is 20.7. The highest BCUT2D eigenvalue weighted by Gasteiger charge is 2.26. The largest absolute Gasteiger partial charge is 0.340 e. The Bertz CT molecular complexity index is 954. The molecule has 4 nitrogen and oxygen atoms in total. The molecule has 0 bridgehead atoms. The highest BCUT2D eigenvalue weighted by Crippen LogP contribution is 2.26. The summed E-state index contributed by atoms with van der Waals surface area (Å²) < 4.78 is 0. The van der Waals surface area contributed by atoms with Crippen LogP contribution in [0, 0.1) is 5.92 Å². The van der Waals surface area contributed by atoms with Gasteiger partial charge in [-0.25, -0.2) is 9.97 Å². The van der Waals surface area contributed by atoms with Crippen LogP contribution in [0.25, 0.3) is 22.0 Å². The second-order valence-corrected chi connectivity index (χ2v) is 9.04. The third-order valence-corrected chi connectivity index (χ3v) is 6.82. The molecule has 28 heavy (non-hydrogen) atoms. The van der Waals surface area contributed by atoms with Crippen molar-refractivity contribution in [2.75, 3.05) is 49.1 Å². The van der Waals surface area contributed by atoms with E-state index in [2.05, 4.69) is 69.0 Å². The van der Waals surface area contributed by atoms with Crippen LogP contribution in [0.1, 0.15) is 6.42 Å². The van der Waals surface area contributed by atoms with Crippen LogP contribution in [-0.4, -0.2) is 59.1 Å². The fraction of sp³-hybridized carbons (Fsp3) is 0.391. The first-order valence-electron chi connectivity index (χ1n) is 10.2. The number of rotatable bonds is 4. The fourth-order valence-electron chi connectivity index (χ4n) is 4.32. The summed E-state index contributed by atoms with van der Waals surface area (Å²) in [5.74, 6) is 4.18. The predicted molar refractivity (Wildman–Crippen MR) is 119 cm³/mol. The number of thioether (sulfide) groups is 1. The molecule has 0 saturated carbocycles. The number of hydrogen-bond donors (Lipinski definition) is 0. The summed E-state index contributed by atoms with van der Waals surface area (Å²) in [7, 11) is 0. The molecular weight excluding hydrogens is 364 g/mol. The Hall–Kier alpha value is -2.11. The standard InChI is InChI=1S/C23H26N4S/c1-2-4-20-15-21(6-5-19(20)3-1)22-7-9-24-23(25-22)27-10-8-18(17-27)16-26-11-13-28-14-12-26/h1-7,9,15,18H,8,10-14,16-17H2. The molecule has 2 fully saturated rings. The number of hydrogen-bond acceptors (Lipinski definition) is 5. The third-order valence-electron chi connectivity index (χ3n) is 5.88. The molecule has 0 amide bonds. The average molecular weight is 391 g/mol. The Morgan fingerprint density at radius 3 is 2.71 bits per heavy atom. The summed E-state index contributed by atoms with van der Waals surface area (Å²) in [6.07, 6.45) is 3.15. The molecule has 5 rings (SSSR count). The van der Waals surface area contributed by atoms with Gasteiger partial charge in [-0.3, -0.25) is 0 Å². The van der Waals surface area contributed by atoms with Gasteiger partial charge in [-0.15, -0.1) is 0 Å². The van der Waals surface area contributed by atoms with E-state index in [1.807, 2.05) is 12.3 Å². The second kappa shape index (κ2) is 8.10. The van der Waals surface area contributed by atoms with Gasteiger partial charge in [0.25, 0.3) is 0 Å². The summed E-state index contributed by atoms with van der Waals surface area (Å²) in [5, 5.41) is 2.51. The minimum absolute atomic E-state index is 0.732. The van der Waals surface area contributed by atoms with E-state index < -0.39 is 0 Å². The van der Waals surface area contributed by atoms with Gasteiger partial charge >= 0.3 is 0 Å². The molecule has 1 atom stereocenters. The second-order valence-electron chi connectivity index (χ2n) is 7.82. The summed E-state index contributed by atoms with van der Waals surface area (Å²) in [6, 6.07) is 17.1. The van der Waals surface area contributed by atoms with Crippen LogP contribution in [-0.2, 0) is 0 Å². The van der Waals surface area contributed by atoms with E-state index in [1.165, 1.54) is 48.3 Å². The molecule has 3 aromatic rings. The van der Waals surface area contributed by atoms with E-state index in [-0.39, 0.29) is 0 Å². The van der Waals surface area contributed by atoms with E-state index in [4.69, 9.17) is 4.98 Å². The van der Waals surface area contributed by atoms with Gasteiger partial charge in [-0.1, -0.05) is 36.4 Å². The zero-order valence-electron chi connectivity index (χ0n) is 16.1. The van der Waals surface area contributed by atoms with Gasteiger partial charge in [0.1, 0.15) is 0 Å². The number of benzene rings is 2. The minimum Gasteiger partial charge on any atom is -0.340 e.